The van der Waals surface area contributed by atoms with Crippen LogP contribution in [0.4, 0.5) is 4.39 Å². The molecule has 0 heterocycles. The molecule has 0 unspecified atom stereocenters. The highest BCUT2D eigenvalue weighted by atomic mass is 19.1. The Hall–Kier alpha value is -2.11. The van der Waals surface area contributed by atoms with Crippen LogP contribution in [0.3, 0.4) is 0 Å². The average molecular weight is 311 g/mol. The zero-order valence-corrected chi connectivity index (χ0v) is 12.9. The van der Waals surface area contributed by atoms with Gasteiger partial charge < -0.3 is 15.2 Å². The maximum Gasteiger partial charge on any atom is 0.303 e. The monoisotopic (exact) mass is 311 g/mol. The number of amides is 1. The van der Waals surface area contributed by atoms with E-state index < -0.39 is 11.6 Å². The summed E-state index contributed by atoms with van der Waals surface area (Å²) in [5, 5.41) is 11.3. The van der Waals surface area contributed by atoms with Crippen LogP contribution >= 0.6 is 0 Å². The molecule has 1 aromatic carbocycles. The summed E-state index contributed by atoms with van der Waals surface area (Å²) in [5.41, 5.74) is -1.07. The lowest BCUT2D eigenvalue weighted by atomic mass is 10.1. The Kier molecular flexibility index (Phi) is 6.82. The molecule has 0 fully saturated rings. The molecule has 1 rings (SSSR count). The fourth-order valence-electron chi connectivity index (χ4n) is 1.84. The third-order valence-electron chi connectivity index (χ3n) is 3.09. The zero-order chi connectivity index (χ0) is 16.6. The van der Waals surface area contributed by atoms with Gasteiger partial charge in [-0.2, -0.15) is 0 Å². The van der Waals surface area contributed by atoms with Crippen molar-refractivity contribution in [1.82, 2.24) is 5.32 Å². The number of carbonyl (C=O) groups is 2. The number of aliphatic carboxylic acids is 1. The van der Waals surface area contributed by atoms with E-state index in [0.29, 0.717) is 25.1 Å². The van der Waals surface area contributed by atoms with Gasteiger partial charge in [0.1, 0.15) is 11.6 Å². The van der Waals surface area contributed by atoms with E-state index in [4.69, 9.17) is 9.84 Å². The predicted molar refractivity (Wildman–Crippen MR) is 80.2 cm³/mol. The summed E-state index contributed by atoms with van der Waals surface area (Å²) in [5.74, 6) is -1.02. The predicted octanol–water partition coefficient (Wildman–Crippen LogP) is 2.74. The van der Waals surface area contributed by atoms with Gasteiger partial charge in [0.05, 0.1) is 0 Å². The second-order valence-electron chi connectivity index (χ2n) is 5.53. The van der Waals surface area contributed by atoms with Crippen LogP contribution in [-0.4, -0.2) is 29.1 Å². The second-order valence-corrected chi connectivity index (χ2v) is 5.53. The fraction of sp³-hybridized carbons (Fsp3) is 0.500. The van der Waals surface area contributed by atoms with Gasteiger partial charge in [0.15, 0.2) is 5.60 Å². The summed E-state index contributed by atoms with van der Waals surface area (Å²) >= 11 is 0. The van der Waals surface area contributed by atoms with Crippen molar-refractivity contribution >= 4 is 11.9 Å². The van der Waals surface area contributed by atoms with Gasteiger partial charge in [0.2, 0.25) is 0 Å². The van der Waals surface area contributed by atoms with Crippen molar-refractivity contribution in [3.63, 3.8) is 0 Å². The summed E-state index contributed by atoms with van der Waals surface area (Å²) < 4.78 is 18.4. The molecule has 0 aliphatic carbocycles. The molecule has 0 bridgehead atoms. The first kappa shape index (κ1) is 17.9. The summed E-state index contributed by atoms with van der Waals surface area (Å²) in [6, 6.07) is 5.48. The fourth-order valence-corrected chi connectivity index (χ4v) is 1.84. The van der Waals surface area contributed by atoms with Gasteiger partial charge >= 0.3 is 5.97 Å². The molecule has 22 heavy (non-hydrogen) atoms. The first-order valence-electron chi connectivity index (χ1n) is 7.26. The number of benzene rings is 1. The van der Waals surface area contributed by atoms with Gasteiger partial charge in [-0.15, -0.1) is 0 Å². The lowest BCUT2D eigenvalue weighted by Crippen LogP contribution is -2.46. The molecule has 0 aromatic heterocycles. The molecule has 0 atom stereocenters. The number of carbonyl (C=O) groups excluding carboxylic acids is 1. The molecular weight excluding hydrogens is 289 g/mol. The SMILES string of the molecule is CC(C)(Oc1ccc(F)cc1)C(=O)NCCCCCC(=O)O. The minimum Gasteiger partial charge on any atom is -0.481 e. The molecule has 0 radical (unpaired) electrons. The molecule has 1 amide bonds. The molecule has 1 aromatic rings. The van der Waals surface area contributed by atoms with Crippen molar-refractivity contribution in [3.8, 4) is 5.75 Å². The Bertz CT molecular complexity index is 499. The number of hydrogen-bond acceptors (Lipinski definition) is 3. The highest BCUT2D eigenvalue weighted by molar-refractivity contribution is 5.84. The van der Waals surface area contributed by atoms with E-state index in [-0.39, 0.29) is 18.1 Å². The highest BCUT2D eigenvalue weighted by Gasteiger charge is 2.29. The van der Waals surface area contributed by atoms with E-state index >= 15 is 0 Å². The molecule has 0 saturated heterocycles. The quantitative estimate of drug-likeness (QED) is 0.688. The van der Waals surface area contributed by atoms with Gasteiger partial charge in [-0.05, 0) is 51.0 Å². The van der Waals surface area contributed by atoms with Crippen LogP contribution in [0.1, 0.15) is 39.5 Å². The number of carboxylic acids is 1. The summed E-state index contributed by atoms with van der Waals surface area (Å²) in [6.45, 7) is 3.74. The van der Waals surface area contributed by atoms with Crippen molar-refractivity contribution < 1.29 is 23.8 Å². The molecule has 5 nitrogen and oxygen atoms in total. The van der Waals surface area contributed by atoms with E-state index in [0.717, 1.165) is 6.42 Å². The lowest BCUT2D eigenvalue weighted by molar-refractivity contribution is -0.137. The lowest BCUT2D eigenvalue weighted by Gasteiger charge is -2.25. The van der Waals surface area contributed by atoms with Crippen molar-refractivity contribution in [2.75, 3.05) is 6.54 Å². The summed E-state index contributed by atoms with van der Waals surface area (Å²) in [4.78, 5) is 22.4. The minimum absolute atomic E-state index is 0.146. The average Bonchev–Trinajstić information content (AvgIpc) is 2.44. The molecule has 2 N–H and O–H groups in total. The van der Waals surface area contributed by atoms with Crippen molar-refractivity contribution in [2.24, 2.45) is 0 Å². The van der Waals surface area contributed by atoms with Crippen LogP contribution in [0.5, 0.6) is 5.75 Å². The number of ether oxygens (including phenoxy) is 1. The molecule has 0 aliphatic heterocycles. The van der Waals surface area contributed by atoms with Crippen molar-refractivity contribution in [2.45, 2.75) is 45.1 Å². The third-order valence-corrected chi connectivity index (χ3v) is 3.09. The molecule has 0 saturated carbocycles. The van der Waals surface area contributed by atoms with Crippen molar-refractivity contribution in [1.29, 1.82) is 0 Å². The highest BCUT2D eigenvalue weighted by Crippen LogP contribution is 2.18. The molecular formula is C16H22FNO4. The minimum atomic E-state index is -1.07. The Morgan fingerprint density at radius 1 is 1.18 bits per heavy atom. The first-order chi connectivity index (χ1) is 10.3. The van der Waals surface area contributed by atoms with Gasteiger partial charge in [-0.3, -0.25) is 9.59 Å². The maximum atomic E-state index is 12.8. The van der Waals surface area contributed by atoms with Crippen LogP contribution in [0, 0.1) is 5.82 Å². The van der Waals surface area contributed by atoms with E-state index in [1.807, 2.05) is 0 Å². The number of halogens is 1. The van der Waals surface area contributed by atoms with Crippen LogP contribution in [-0.2, 0) is 9.59 Å². The van der Waals surface area contributed by atoms with Gasteiger partial charge in [-0.1, -0.05) is 6.42 Å². The number of unbranched alkanes of at least 4 members (excludes halogenated alkanes) is 2. The molecule has 6 heteroatoms. The largest absolute Gasteiger partial charge is 0.481 e. The molecule has 0 spiro atoms. The first-order valence-corrected chi connectivity index (χ1v) is 7.26. The third kappa shape index (κ3) is 6.56. The zero-order valence-electron chi connectivity index (χ0n) is 12.9. The Morgan fingerprint density at radius 3 is 2.41 bits per heavy atom. The van der Waals surface area contributed by atoms with Gasteiger partial charge in [-0.25, -0.2) is 4.39 Å². The van der Waals surface area contributed by atoms with E-state index in [1.54, 1.807) is 13.8 Å². The number of rotatable bonds is 9. The normalized spacial score (nSPS) is 11.0. The Balaban J connectivity index is 2.33. The topological polar surface area (TPSA) is 75.6 Å². The maximum absolute atomic E-state index is 12.8. The molecule has 0 aliphatic rings. The Labute approximate surface area is 129 Å². The number of nitrogens with one attached hydrogen (secondary N) is 1. The van der Waals surface area contributed by atoms with Crippen LogP contribution in [0.2, 0.25) is 0 Å². The summed E-state index contributed by atoms with van der Waals surface area (Å²) in [6.07, 6.45) is 2.20. The standard InChI is InChI=1S/C16H22FNO4/c1-16(2,22-13-9-7-12(17)8-10-13)15(21)18-11-5-3-4-6-14(19)20/h7-10H,3-6,11H2,1-2H3,(H,18,21)(H,19,20). The second kappa shape index (κ2) is 8.36. The van der Waals surface area contributed by atoms with Gasteiger partial charge in [0.25, 0.3) is 5.91 Å². The Morgan fingerprint density at radius 2 is 1.82 bits per heavy atom. The van der Waals surface area contributed by atoms with Crippen LogP contribution in [0.15, 0.2) is 24.3 Å². The van der Waals surface area contributed by atoms with E-state index in [2.05, 4.69) is 5.32 Å². The van der Waals surface area contributed by atoms with E-state index in [1.165, 1.54) is 24.3 Å². The van der Waals surface area contributed by atoms with Crippen molar-refractivity contribution in [3.05, 3.63) is 30.1 Å². The summed E-state index contributed by atoms with van der Waals surface area (Å²) in [7, 11) is 0. The molecule has 122 valence electrons. The van der Waals surface area contributed by atoms with Crippen LogP contribution < -0.4 is 10.1 Å². The van der Waals surface area contributed by atoms with E-state index in [9.17, 15) is 14.0 Å². The smallest absolute Gasteiger partial charge is 0.303 e. The van der Waals surface area contributed by atoms with Gasteiger partial charge in [0, 0.05) is 13.0 Å². The number of carboxylic acid groups (broad SMARTS) is 1. The number of hydrogen-bond donors (Lipinski definition) is 2. The van der Waals surface area contributed by atoms with Crippen LogP contribution in [0.25, 0.3) is 0 Å².